The van der Waals surface area contributed by atoms with Crippen LogP contribution in [-0.4, -0.2) is 47.9 Å². The Labute approximate surface area is 220 Å². The molecule has 2 aromatic carbocycles. The molecule has 1 unspecified atom stereocenters. The molecule has 2 amide bonds. The van der Waals surface area contributed by atoms with Crippen molar-refractivity contribution in [3.05, 3.63) is 86.8 Å². The van der Waals surface area contributed by atoms with Gasteiger partial charge in [-0.2, -0.15) is 0 Å². The lowest BCUT2D eigenvalue weighted by Gasteiger charge is -2.37. The van der Waals surface area contributed by atoms with Crippen molar-refractivity contribution < 1.29 is 18.7 Å². The van der Waals surface area contributed by atoms with E-state index in [4.69, 9.17) is 16.3 Å². The molecule has 1 aliphatic heterocycles. The highest BCUT2D eigenvalue weighted by Crippen LogP contribution is 2.34. The fourth-order valence-corrected chi connectivity index (χ4v) is 5.33. The summed E-state index contributed by atoms with van der Waals surface area (Å²) in [7, 11) is 0. The summed E-state index contributed by atoms with van der Waals surface area (Å²) in [6.45, 7) is 5.42. The Balaban J connectivity index is 1.52. The second-order valence-electron chi connectivity index (χ2n) is 9.33. The van der Waals surface area contributed by atoms with Gasteiger partial charge in [0.25, 0.3) is 5.91 Å². The number of carbonyl (C=O) groups is 2. The number of fused-ring (bicyclic) bond motifs is 1. The molecule has 1 atom stereocenters. The Bertz CT molecular complexity index is 1180. The zero-order valence-electron chi connectivity index (χ0n) is 20.5. The highest BCUT2D eigenvalue weighted by atomic mass is 35.5. The van der Waals surface area contributed by atoms with Crippen molar-refractivity contribution in [1.29, 1.82) is 0 Å². The maximum absolute atomic E-state index is 13.6. The minimum absolute atomic E-state index is 0.0418. The standard InChI is InChI=1S/C28H30ClFN2O3S/c1-19(2)11-14-31(28(34)20-3-7-22(30)8-4-20)17-27(33)32-15-12-26-24(13-16-36-26)25(32)18-35-23-9-5-21(29)6-10-23/h3-10,13,16,19,25H,11-12,14-15,17-18H2,1-2H3. The fraction of sp³-hybridized carbons (Fsp3) is 0.357. The molecule has 4 rings (SSSR count). The van der Waals surface area contributed by atoms with Crippen LogP contribution in [0.2, 0.25) is 5.02 Å². The van der Waals surface area contributed by atoms with Crippen molar-refractivity contribution in [3.63, 3.8) is 0 Å². The fourth-order valence-electron chi connectivity index (χ4n) is 4.28. The Morgan fingerprint density at radius 1 is 1.14 bits per heavy atom. The molecule has 0 N–H and O–H groups in total. The number of thiophene rings is 1. The predicted molar refractivity (Wildman–Crippen MR) is 141 cm³/mol. The number of ether oxygens (including phenoxy) is 1. The van der Waals surface area contributed by atoms with Crippen LogP contribution in [0.25, 0.3) is 0 Å². The van der Waals surface area contributed by atoms with E-state index in [1.807, 2.05) is 10.3 Å². The van der Waals surface area contributed by atoms with E-state index in [9.17, 15) is 14.0 Å². The Morgan fingerprint density at radius 2 is 1.86 bits per heavy atom. The number of rotatable bonds is 9. The Kier molecular flexibility index (Phi) is 8.64. The van der Waals surface area contributed by atoms with Gasteiger partial charge in [0, 0.05) is 28.6 Å². The topological polar surface area (TPSA) is 49.9 Å². The Morgan fingerprint density at radius 3 is 2.56 bits per heavy atom. The number of halogens is 2. The molecule has 1 aromatic heterocycles. The normalized spacial score (nSPS) is 15.0. The summed E-state index contributed by atoms with van der Waals surface area (Å²) in [6, 6.07) is 14.4. The van der Waals surface area contributed by atoms with E-state index in [1.54, 1.807) is 40.5 Å². The van der Waals surface area contributed by atoms with Gasteiger partial charge in [0.1, 0.15) is 24.7 Å². The minimum atomic E-state index is -0.403. The van der Waals surface area contributed by atoms with Gasteiger partial charge in [-0.05, 0) is 84.3 Å². The first-order valence-corrected chi connectivity index (χ1v) is 13.4. The van der Waals surface area contributed by atoms with E-state index in [0.717, 1.165) is 18.4 Å². The lowest BCUT2D eigenvalue weighted by molar-refractivity contribution is -0.135. The number of carbonyl (C=O) groups excluding carboxylic acids is 2. The average molecular weight is 529 g/mol. The quantitative estimate of drug-likeness (QED) is 0.330. The van der Waals surface area contributed by atoms with Gasteiger partial charge in [-0.1, -0.05) is 25.4 Å². The molecule has 36 heavy (non-hydrogen) atoms. The molecular formula is C28H30ClFN2O3S. The summed E-state index contributed by atoms with van der Waals surface area (Å²) in [5.74, 6) is 0.244. The third-order valence-electron chi connectivity index (χ3n) is 6.32. The number of amides is 2. The zero-order valence-corrected chi connectivity index (χ0v) is 22.0. The number of nitrogens with zero attached hydrogens (tertiary/aromatic N) is 2. The minimum Gasteiger partial charge on any atom is -0.491 e. The van der Waals surface area contributed by atoms with Gasteiger partial charge in [-0.15, -0.1) is 11.3 Å². The van der Waals surface area contributed by atoms with Crippen molar-refractivity contribution in [2.75, 3.05) is 26.2 Å². The van der Waals surface area contributed by atoms with Gasteiger partial charge in [-0.3, -0.25) is 9.59 Å². The van der Waals surface area contributed by atoms with E-state index in [1.165, 1.54) is 29.1 Å². The predicted octanol–water partition coefficient (Wildman–Crippen LogP) is 6.23. The molecule has 1 aliphatic rings. The maximum atomic E-state index is 13.6. The second kappa shape index (κ2) is 11.9. The molecule has 190 valence electrons. The summed E-state index contributed by atoms with van der Waals surface area (Å²) in [6.07, 6.45) is 1.53. The van der Waals surface area contributed by atoms with Crippen LogP contribution >= 0.6 is 22.9 Å². The molecule has 3 aromatic rings. The van der Waals surface area contributed by atoms with Gasteiger partial charge in [-0.25, -0.2) is 4.39 Å². The zero-order chi connectivity index (χ0) is 25.7. The summed E-state index contributed by atoms with van der Waals surface area (Å²) in [5, 5.41) is 2.67. The van der Waals surface area contributed by atoms with Crippen molar-refractivity contribution >= 4 is 34.8 Å². The summed E-state index contributed by atoms with van der Waals surface area (Å²) >= 11 is 7.68. The lowest BCUT2D eigenvalue weighted by atomic mass is 10.00. The van der Waals surface area contributed by atoms with E-state index in [-0.39, 0.29) is 24.4 Å². The lowest BCUT2D eigenvalue weighted by Crippen LogP contribution is -2.48. The van der Waals surface area contributed by atoms with E-state index in [0.29, 0.717) is 41.9 Å². The molecule has 0 fully saturated rings. The van der Waals surface area contributed by atoms with E-state index >= 15 is 0 Å². The molecule has 0 saturated heterocycles. The summed E-state index contributed by atoms with van der Waals surface area (Å²) in [5.41, 5.74) is 1.46. The molecule has 0 saturated carbocycles. The van der Waals surface area contributed by atoms with Gasteiger partial charge in [0.05, 0.1) is 6.04 Å². The maximum Gasteiger partial charge on any atom is 0.254 e. The van der Waals surface area contributed by atoms with Crippen molar-refractivity contribution in [2.45, 2.75) is 32.7 Å². The smallest absolute Gasteiger partial charge is 0.254 e. The largest absolute Gasteiger partial charge is 0.491 e. The second-order valence-corrected chi connectivity index (χ2v) is 10.8. The van der Waals surface area contributed by atoms with Gasteiger partial charge in [0.15, 0.2) is 0 Å². The molecule has 0 aliphatic carbocycles. The third kappa shape index (κ3) is 6.45. The molecular weight excluding hydrogens is 499 g/mol. The number of hydrogen-bond donors (Lipinski definition) is 0. The first kappa shape index (κ1) is 26.2. The molecule has 8 heteroatoms. The molecule has 0 bridgehead atoms. The molecule has 5 nitrogen and oxygen atoms in total. The number of benzene rings is 2. The van der Waals surface area contributed by atoms with Crippen LogP contribution in [-0.2, 0) is 11.2 Å². The van der Waals surface area contributed by atoms with Gasteiger partial charge < -0.3 is 14.5 Å². The van der Waals surface area contributed by atoms with Crippen LogP contribution in [0.4, 0.5) is 4.39 Å². The molecule has 0 spiro atoms. The summed E-state index contributed by atoms with van der Waals surface area (Å²) in [4.78, 5) is 31.6. The average Bonchev–Trinajstić information content (AvgIpc) is 3.35. The van der Waals surface area contributed by atoms with Gasteiger partial charge in [0.2, 0.25) is 5.91 Å². The van der Waals surface area contributed by atoms with Gasteiger partial charge >= 0.3 is 0 Å². The highest BCUT2D eigenvalue weighted by Gasteiger charge is 2.33. The van der Waals surface area contributed by atoms with Crippen LogP contribution in [0, 0.1) is 11.7 Å². The highest BCUT2D eigenvalue weighted by molar-refractivity contribution is 7.10. The van der Waals surface area contributed by atoms with Crippen LogP contribution in [0.3, 0.4) is 0 Å². The van der Waals surface area contributed by atoms with Crippen molar-refractivity contribution in [3.8, 4) is 5.75 Å². The van der Waals surface area contributed by atoms with Crippen LogP contribution in [0.15, 0.2) is 60.0 Å². The summed E-state index contributed by atoms with van der Waals surface area (Å²) < 4.78 is 19.5. The van der Waals surface area contributed by atoms with E-state index < -0.39 is 5.82 Å². The Hall–Kier alpha value is -2.90. The van der Waals surface area contributed by atoms with Crippen molar-refractivity contribution in [2.24, 2.45) is 5.92 Å². The molecule has 0 radical (unpaired) electrons. The van der Waals surface area contributed by atoms with Crippen LogP contribution in [0.1, 0.15) is 47.1 Å². The number of hydrogen-bond acceptors (Lipinski definition) is 4. The van der Waals surface area contributed by atoms with Crippen LogP contribution < -0.4 is 4.74 Å². The molecule has 2 heterocycles. The van der Waals surface area contributed by atoms with E-state index in [2.05, 4.69) is 19.9 Å². The van der Waals surface area contributed by atoms with Crippen LogP contribution in [0.5, 0.6) is 5.75 Å². The first-order chi connectivity index (χ1) is 17.3. The SMILES string of the molecule is CC(C)CCN(CC(=O)N1CCc2sccc2C1COc1ccc(Cl)cc1)C(=O)c1ccc(F)cc1. The van der Waals surface area contributed by atoms with Crippen molar-refractivity contribution in [1.82, 2.24) is 9.80 Å². The first-order valence-electron chi connectivity index (χ1n) is 12.1. The third-order valence-corrected chi connectivity index (χ3v) is 7.57. The monoisotopic (exact) mass is 528 g/mol.